The van der Waals surface area contributed by atoms with Crippen molar-refractivity contribution in [2.75, 3.05) is 6.61 Å². The molecular weight excluding hydrogens is 469 g/mol. The van der Waals surface area contributed by atoms with Gasteiger partial charge in [-0.3, -0.25) is 14.5 Å². The molecule has 0 unspecified atom stereocenters. The van der Waals surface area contributed by atoms with Crippen molar-refractivity contribution in [1.82, 2.24) is 4.90 Å². The van der Waals surface area contributed by atoms with Crippen LogP contribution in [0.4, 0.5) is 9.18 Å². The van der Waals surface area contributed by atoms with E-state index in [1.165, 1.54) is 18.2 Å². The number of thioether (sulfide) groups is 1. The minimum atomic E-state index is -0.567. The van der Waals surface area contributed by atoms with Gasteiger partial charge in [0.15, 0.2) is 0 Å². The first-order chi connectivity index (χ1) is 13.4. The van der Waals surface area contributed by atoms with Crippen molar-refractivity contribution in [1.29, 1.82) is 0 Å². The van der Waals surface area contributed by atoms with Gasteiger partial charge in [0.2, 0.25) is 0 Å². The molecule has 3 rings (SSSR count). The number of rotatable bonds is 6. The van der Waals surface area contributed by atoms with Crippen LogP contribution >= 0.6 is 39.3 Å². The lowest BCUT2D eigenvalue weighted by atomic mass is 10.1. The Hall–Kier alpha value is -2.09. The molecule has 1 fully saturated rings. The number of imide groups is 1. The average Bonchev–Trinajstić information content (AvgIpc) is 2.91. The Morgan fingerprint density at radius 2 is 2.07 bits per heavy atom. The van der Waals surface area contributed by atoms with E-state index in [9.17, 15) is 14.0 Å². The highest BCUT2D eigenvalue weighted by Gasteiger charge is 2.36. The van der Waals surface area contributed by atoms with Crippen LogP contribution in [0.15, 0.2) is 58.4 Å². The van der Waals surface area contributed by atoms with Crippen molar-refractivity contribution in [2.45, 2.75) is 6.54 Å². The molecule has 0 bridgehead atoms. The fourth-order valence-electron chi connectivity index (χ4n) is 2.53. The molecule has 1 saturated heterocycles. The van der Waals surface area contributed by atoms with Crippen molar-refractivity contribution in [2.24, 2.45) is 0 Å². The Kier molecular flexibility index (Phi) is 6.59. The lowest BCUT2D eigenvalue weighted by Crippen LogP contribution is -2.28. The van der Waals surface area contributed by atoms with E-state index in [1.807, 2.05) is 6.07 Å². The van der Waals surface area contributed by atoms with Crippen LogP contribution in [0, 0.1) is 5.82 Å². The average molecular weight is 483 g/mol. The molecule has 2 aromatic rings. The molecule has 0 aliphatic carbocycles. The second-order valence-electron chi connectivity index (χ2n) is 5.75. The predicted octanol–water partition coefficient (Wildman–Crippen LogP) is 6.04. The number of nitrogens with zero attached hydrogens (tertiary/aromatic N) is 1. The molecule has 1 aliphatic heterocycles. The van der Waals surface area contributed by atoms with E-state index < -0.39 is 17.0 Å². The Labute approximate surface area is 179 Å². The van der Waals surface area contributed by atoms with E-state index in [1.54, 1.807) is 24.3 Å². The van der Waals surface area contributed by atoms with Crippen LogP contribution in [0.1, 0.15) is 11.1 Å². The van der Waals surface area contributed by atoms with Gasteiger partial charge in [0.25, 0.3) is 11.1 Å². The van der Waals surface area contributed by atoms with Gasteiger partial charge in [-0.25, -0.2) is 4.39 Å². The smallest absolute Gasteiger partial charge is 0.293 e. The maximum atomic E-state index is 14.0. The highest BCUT2D eigenvalue weighted by molar-refractivity contribution is 9.10. The van der Waals surface area contributed by atoms with Crippen LogP contribution in [0.5, 0.6) is 5.75 Å². The SMILES string of the molecule is C=CCOc1ccc(Br)cc1/C=C1/SC(=O)N(Cc2c(F)cccc2Cl)C1=O. The maximum absolute atomic E-state index is 14.0. The van der Waals surface area contributed by atoms with E-state index in [4.69, 9.17) is 16.3 Å². The van der Waals surface area contributed by atoms with Crippen LogP contribution < -0.4 is 4.74 Å². The summed E-state index contributed by atoms with van der Waals surface area (Å²) in [5.74, 6) is -0.529. The zero-order chi connectivity index (χ0) is 20.3. The number of carbonyl (C=O) groups is 2. The quantitative estimate of drug-likeness (QED) is 0.372. The number of halogens is 3. The molecule has 2 amide bonds. The summed E-state index contributed by atoms with van der Waals surface area (Å²) < 4.78 is 20.4. The number of benzene rings is 2. The molecule has 4 nitrogen and oxygen atoms in total. The van der Waals surface area contributed by atoms with E-state index in [0.29, 0.717) is 17.9 Å². The van der Waals surface area contributed by atoms with Crippen LogP contribution in [0.3, 0.4) is 0 Å². The van der Waals surface area contributed by atoms with Crippen molar-refractivity contribution < 1.29 is 18.7 Å². The molecule has 144 valence electrons. The number of ether oxygens (including phenoxy) is 1. The summed E-state index contributed by atoms with van der Waals surface area (Å²) >= 11 is 10.2. The normalized spacial score (nSPS) is 15.4. The van der Waals surface area contributed by atoms with Gasteiger partial charge in [0, 0.05) is 20.6 Å². The molecule has 2 aromatic carbocycles. The number of carbonyl (C=O) groups excluding carboxylic acids is 2. The molecule has 0 radical (unpaired) electrons. The maximum Gasteiger partial charge on any atom is 0.293 e. The summed E-state index contributed by atoms with van der Waals surface area (Å²) in [5.41, 5.74) is 0.732. The van der Waals surface area contributed by atoms with E-state index >= 15 is 0 Å². The Balaban J connectivity index is 1.89. The Morgan fingerprint density at radius 1 is 1.29 bits per heavy atom. The third kappa shape index (κ3) is 4.48. The van der Waals surface area contributed by atoms with Gasteiger partial charge in [0.1, 0.15) is 18.2 Å². The van der Waals surface area contributed by atoms with Crippen LogP contribution in [0.25, 0.3) is 6.08 Å². The van der Waals surface area contributed by atoms with Crippen molar-refractivity contribution in [3.8, 4) is 5.75 Å². The van der Waals surface area contributed by atoms with Crippen molar-refractivity contribution >= 4 is 56.5 Å². The fourth-order valence-corrected chi connectivity index (χ4v) is 3.96. The summed E-state index contributed by atoms with van der Waals surface area (Å²) in [6, 6.07) is 9.55. The predicted molar refractivity (Wildman–Crippen MR) is 113 cm³/mol. The summed E-state index contributed by atoms with van der Waals surface area (Å²) in [6.07, 6.45) is 3.19. The minimum absolute atomic E-state index is 0.102. The Morgan fingerprint density at radius 3 is 2.79 bits per heavy atom. The first kappa shape index (κ1) is 20.6. The fraction of sp³-hybridized carbons (Fsp3) is 0.100. The Bertz CT molecular complexity index is 975. The van der Waals surface area contributed by atoms with Crippen LogP contribution in [0.2, 0.25) is 5.02 Å². The molecule has 0 spiro atoms. The number of amides is 2. The molecule has 28 heavy (non-hydrogen) atoms. The lowest BCUT2D eigenvalue weighted by molar-refractivity contribution is -0.123. The highest BCUT2D eigenvalue weighted by atomic mass is 79.9. The first-order valence-electron chi connectivity index (χ1n) is 8.12. The zero-order valence-electron chi connectivity index (χ0n) is 14.5. The zero-order valence-corrected chi connectivity index (χ0v) is 17.6. The molecule has 0 atom stereocenters. The molecule has 1 aliphatic rings. The summed E-state index contributed by atoms with van der Waals surface area (Å²) in [4.78, 5) is 26.3. The van der Waals surface area contributed by atoms with E-state index in [-0.39, 0.29) is 22.0 Å². The molecule has 1 heterocycles. The third-order valence-electron chi connectivity index (χ3n) is 3.87. The van der Waals surface area contributed by atoms with Gasteiger partial charge in [-0.15, -0.1) is 0 Å². The molecular formula is C20H14BrClFNO3S. The number of hydrogen-bond acceptors (Lipinski definition) is 4. The minimum Gasteiger partial charge on any atom is -0.489 e. The van der Waals surface area contributed by atoms with Gasteiger partial charge in [-0.2, -0.15) is 0 Å². The second-order valence-corrected chi connectivity index (χ2v) is 8.07. The van der Waals surface area contributed by atoms with Gasteiger partial charge >= 0.3 is 0 Å². The standard InChI is InChI=1S/C20H14BrClFNO3S/c1-2-8-27-17-7-6-13(21)9-12(17)10-18-19(25)24(20(26)28-18)11-14-15(22)4-3-5-16(14)23/h2-7,9-10H,1,8,11H2/b18-10+. The monoisotopic (exact) mass is 481 g/mol. The van der Waals surface area contributed by atoms with Crippen LogP contribution in [-0.2, 0) is 11.3 Å². The lowest BCUT2D eigenvalue weighted by Gasteiger charge is -2.14. The van der Waals surface area contributed by atoms with Gasteiger partial charge in [-0.1, -0.05) is 46.3 Å². The van der Waals surface area contributed by atoms with Gasteiger partial charge in [-0.05, 0) is 48.2 Å². The summed E-state index contributed by atoms with van der Waals surface area (Å²) in [7, 11) is 0. The third-order valence-corrected chi connectivity index (χ3v) is 5.62. The molecule has 8 heteroatoms. The van der Waals surface area contributed by atoms with E-state index in [2.05, 4.69) is 22.5 Å². The number of hydrogen-bond donors (Lipinski definition) is 0. The van der Waals surface area contributed by atoms with Crippen molar-refractivity contribution in [3.05, 3.63) is 80.4 Å². The first-order valence-corrected chi connectivity index (χ1v) is 10.1. The second kappa shape index (κ2) is 8.94. The molecule has 0 aromatic heterocycles. The van der Waals surface area contributed by atoms with Crippen molar-refractivity contribution in [3.63, 3.8) is 0 Å². The molecule has 0 N–H and O–H groups in total. The molecule has 0 saturated carbocycles. The van der Waals surface area contributed by atoms with Gasteiger partial charge in [0.05, 0.1) is 11.4 Å². The summed E-state index contributed by atoms with van der Waals surface area (Å²) in [5, 5.41) is -0.325. The van der Waals surface area contributed by atoms with E-state index in [0.717, 1.165) is 21.1 Å². The largest absolute Gasteiger partial charge is 0.489 e. The topological polar surface area (TPSA) is 46.6 Å². The van der Waals surface area contributed by atoms with Gasteiger partial charge < -0.3 is 4.74 Å². The highest BCUT2D eigenvalue weighted by Crippen LogP contribution is 2.36. The summed E-state index contributed by atoms with van der Waals surface area (Å²) in [6.45, 7) is 3.68. The van der Waals surface area contributed by atoms with Crippen LogP contribution in [-0.4, -0.2) is 22.7 Å².